The molecule has 0 saturated heterocycles. The molecule has 0 aromatic heterocycles. The first-order valence-electron chi connectivity index (χ1n) is 3.89. The topological polar surface area (TPSA) is 46.2 Å². The predicted octanol–water partition coefficient (Wildman–Crippen LogP) is 2.24. The Balaban J connectivity index is 2.98. The molecule has 0 unspecified atom stereocenters. The molecular formula is C8H9ClFNO2S. The first-order valence-corrected chi connectivity index (χ1v) is 5.92. The Morgan fingerprint density at radius 2 is 2.07 bits per heavy atom. The summed E-state index contributed by atoms with van der Waals surface area (Å²) in [5, 5.41) is 0.152. The summed E-state index contributed by atoms with van der Waals surface area (Å²) >= 11 is 5.55. The molecule has 6 heteroatoms. The molecule has 14 heavy (non-hydrogen) atoms. The normalized spacial score (nSPS) is 11.4. The molecule has 1 aromatic carbocycles. The maximum Gasteiger partial charge on any atom is 0.232 e. The van der Waals surface area contributed by atoms with E-state index in [9.17, 15) is 12.8 Å². The molecule has 0 saturated carbocycles. The van der Waals surface area contributed by atoms with Crippen LogP contribution in [0, 0.1) is 5.82 Å². The molecule has 1 rings (SSSR count). The number of anilines is 1. The highest BCUT2D eigenvalue weighted by molar-refractivity contribution is 7.92. The molecule has 0 heterocycles. The van der Waals surface area contributed by atoms with Gasteiger partial charge < -0.3 is 0 Å². The minimum Gasteiger partial charge on any atom is -0.283 e. The number of halogens is 2. The molecule has 1 aromatic rings. The molecule has 1 N–H and O–H groups in total. The molecule has 0 aliphatic heterocycles. The average Bonchev–Trinajstić information content (AvgIpc) is 2.01. The largest absolute Gasteiger partial charge is 0.283 e. The molecule has 78 valence electrons. The lowest BCUT2D eigenvalue weighted by atomic mass is 10.3. The third-order valence-electron chi connectivity index (χ3n) is 1.52. The van der Waals surface area contributed by atoms with Crippen LogP contribution in [-0.4, -0.2) is 14.2 Å². The van der Waals surface area contributed by atoms with Gasteiger partial charge in [0, 0.05) is 5.02 Å². The van der Waals surface area contributed by atoms with Crippen LogP contribution in [0.5, 0.6) is 0 Å². The number of rotatable bonds is 3. The van der Waals surface area contributed by atoms with Crippen LogP contribution in [0.3, 0.4) is 0 Å². The number of benzene rings is 1. The van der Waals surface area contributed by atoms with Gasteiger partial charge in [-0.15, -0.1) is 0 Å². The van der Waals surface area contributed by atoms with E-state index in [0.29, 0.717) is 0 Å². The Bertz CT molecular complexity index is 413. The average molecular weight is 238 g/mol. The first-order chi connectivity index (χ1) is 6.43. The van der Waals surface area contributed by atoms with Gasteiger partial charge in [0.05, 0.1) is 11.4 Å². The molecule has 0 bridgehead atoms. The first kappa shape index (κ1) is 11.3. The van der Waals surface area contributed by atoms with Gasteiger partial charge in [-0.1, -0.05) is 11.6 Å². The van der Waals surface area contributed by atoms with Crippen LogP contribution in [-0.2, 0) is 10.0 Å². The van der Waals surface area contributed by atoms with Crippen molar-refractivity contribution in [3.63, 3.8) is 0 Å². The summed E-state index contributed by atoms with van der Waals surface area (Å²) in [5.41, 5.74) is 0.136. The lowest BCUT2D eigenvalue weighted by Gasteiger charge is -2.05. The highest BCUT2D eigenvalue weighted by Gasteiger charge is 2.07. The predicted molar refractivity (Wildman–Crippen MR) is 54.5 cm³/mol. The summed E-state index contributed by atoms with van der Waals surface area (Å²) in [6.07, 6.45) is 0. The standard InChI is InChI=1S/C8H9ClFNO2S/c1-2-14(12,13)11-8-4-6(9)3-7(10)5-8/h3-5,11H,2H2,1H3. The fourth-order valence-electron chi connectivity index (χ4n) is 0.864. The van der Waals surface area contributed by atoms with Crippen molar-refractivity contribution in [1.29, 1.82) is 0 Å². The molecule has 0 fully saturated rings. The Morgan fingerprint density at radius 1 is 1.43 bits per heavy atom. The summed E-state index contributed by atoms with van der Waals surface area (Å²) in [7, 11) is -3.38. The van der Waals surface area contributed by atoms with Crippen molar-refractivity contribution in [2.75, 3.05) is 10.5 Å². The SMILES string of the molecule is CCS(=O)(=O)Nc1cc(F)cc(Cl)c1. The lowest BCUT2D eigenvalue weighted by molar-refractivity contribution is 0.602. The molecule has 0 atom stereocenters. The van der Waals surface area contributed by atoms with Crippen molar-refractivity contribution >= 4 is 27.3 Å². The number of hydrogen-bond acceptors (Lipinski definition) is 2. The number of sulfonamides is 1. The van der Waals surface area contributed by atoms with E-state index in [0.717, 1.165) is 12.1 Å². The molecular weight excluding hydrogens is 229 g/mol. The molecule has 0 amide bonds. The van der Waals surface area contributed by atoms with Gasteiger partial charge in [0.1, 0.15) is 5.82 Å². The van der Waals surface area contributed by atoms with Crippen LogP contribution in [0.2, 0.25) is 5.02 Å². The molecule has 0 radical (unpaired) electrons. The van der Waals surface area contributed by atoms with E-state index in [-0.39, 0.29) is 16.5 Å². The van der Waals surface area contributed by atoms with Crippen molar-refractivity contribution in [2.24, 2.45) is 0 Å². The minimum absolute atomic E-state index is 0.0683. The van der Waals surface area contributed by atoms with Gasteiger partial charge in [0.2, 0.25) is 10.0 Å². The Morgan fingerprint density at radius 3 is 2.57 bits per heavy atom. The summed E-state index contributed by atoms with van der Waals surface area (Å²) in [6.45, 7) is 1.49. The molecule has 0 aliphatic carbocycles. The summed E-state index contributed by atoms with van der Waals surface area (Å²) in [5.74, 6) is -0.646. The van der Waals surface area contributed by atoms with Gasteiger partial charge in [-0.3, -0.25) is 4.72 Å². The quantitative estimate of drug-likeness (QED) is 0.877. The van der Waals surface area contributed by atoms with Crippen molar-refractivity contribution in [2.45, 2.75) is 6.92 Å². The summed E-state index contributed by atoms with van der Waals surface area (Å²) in [4.78, 5) is 0. The van der Waals surface area contributed by atoms with Crippen molar-refractivity contribution in [3.8, 4) is 0 Å². The van der Waals surface area contributed by atoms with Crippen LogP contribution in [0.25, 0.3) is 0 Å². The maximum atomic E-state index is 12.8. The zero-order valence-corrected chi connectivity index (χ0v) is 8.99. The maximum absolute atomic E-state index is 12.8. The monoisotopic (exact) mass is 237 g/mol. The van der Waals surface area contributed by atoms with Gasteiger partial charge in [-0.25, -0.2) is 12.8 Å². The highest BCUT2D eigenvalue weighted by atomic mass is 35.5. The zero-order valence-electron chi connectivity index (χ0n) is 7.42. The van der Waals surface area contributed by atoms with E-state index in [1.807, 2.05) is 0 Å². The Labute approximate surface area is 86.9 Å². The van der Waals surface area contributed by atoms with E-state index in [4.69, 9.17) is 11.6 Å². The zero-order chi connectivity index (χ0) is 10.8. The van der Waals surface area contributed by atoms with Crippen LogP contribution in [0.15, 0.2) is 18.2 Å². The van der Waals surface area contributed by atoms with Gasteiger partial charge in [-0.05, 0) is 25.1 Å². The second-order valence-electron chi connectivity index (χ2n) is 2.66. The minimum atomic E-state index is -3.38. The van der Waals surface area contributed by atoms with Crippen molar-refractivity contribution in [1.82, 2.24) is 0 Å². The van der Waals surface area contributed by atoms with Crippen LogP contribution in [0.4, 0.5) is 10.1 Å². The highest BCUT2D eigenvalue weighted by Crippen LogP contribution is 2.18. The van der Waals surface area contributed by atoms with Crippen molar-refractivity contribution < 1.29 is 12.8 Å². The fraction of sp³-hybridized carbons (Fsp3) is 0.250. The number of hydrogen-bond donors (Lipinski definition) is 1. The van der Waals surface area contributed by atoms with Crippen LogP contribution in [0.1, 0.15) is 6.92 Å². The van der Waals surface area contributed by atoms with Crippen LogP contribution >= 0.6 is 11.6 Å². The second kappa shape index (κ2) is 4.14. The van der Waals surface area contributed by atoms with E-state index >= 15 is 0 Å². The molecule has 0 aliphatic rings. The Kier molecular flexibility index (Phi) is 3.34. The van der Waals surface area contributed by atoms with Gasteiger partial charge in [-0.2, -0.15) is 0 Å². The Hall–Kier alpha value is -0.810. The van der Waals surface area contributed by atoms with Crippen molar-refractivity contribution in [3.05, 3.63) is 29.0 Å². The number of nitrogens with one attached hydrogen (secondary N) is 1. The third kappa shape index (κ3) is 3.16. The fourth-order valence-corrected chi connectivity index (χ4v) is 1.71. The van der Waals surface area contributed by atoms with E-state index in [1.54, 1.807) is 0 Å². The van der Waals surface area contributed by atoms with E-state index in [1.165, 1.54) is 13.0 Å². The lowest BCUT2D eigenvalue weighted by Crippen LogP contribution is -2.14. The second-order valence-corrected chi connectivity index (χ2v) is 5.11. The summed E-state index contributed by atoms with van der Waals surface area (Å²) in [6, 6.07) is 3.52. The van der Waals surface area contributed by atoms with Gasteiger partial charge in [0.25, 0.3) is 0 Å². The van der Waals surface area contributed by atoms with E-state index < -0.39 is 15.8 Å². The molecule has 3 nitrogen and oxygen atoms in total. The smallest absolute Gasteiger partial charge is 0.232 e. The van der Waals surface area contributed by atoms with E-state index in [2.05, 4.69) is 4.72 Å². The third-order valence-corrected chi connectivity index (χ3v) is 3.04. The van der Waals surface area contributed by atoms with Crippen LogP contribution < -0.4 is 4.72 Å². The molecule has 0 spiro atoms. The van der Waals surface area contributed by atoms with Gasteiger partial charge in [0.15, 0.2) is 0 Å². The summed E-state index contributed by atoms with van der Waals surface area (Å²) < 4.78 is 37.2. The van der Waals surface area contributed by atoms with Gasteiger partial charge >= 0.3 is 0 Å².